The van der Waals surface area contributed by atoms with E-state index in [0.29, 0.717) is 37.5 Å². The van der Waals surface area contributed by atoms with Crippen molar-refractivity contribution in [1.29, 1.82) is 5.26 Å². The molecule has 2 aromatic carbocycles. The van der Waals surface area contributed by atoms with Gasteiger partial charge in [-0.25, -0.2) is 9.79 Å². The number of rotatable bonds is 7. The van der Waals surface area contributed by atoms with E-state index in [-0.39, 0.29) is 24.5 Å². The molecule has 0 unspecified atom stereocenters. The number of nitriles is 1. The molecule has 0 saturated heterocycles. The smallest absolute Gasteiger partial charge is 0.338 e. The zero-order valence-electron chi connectivity index (χ0n) is 20.3. The van der Waals surface area contributed by atoms with E-state index in [2.05, 4.69) is 4.99 Å². The van der Waals surface area contributed by atoms with Crippen LogP contribution in [0.1, 0.15) is 36.6 Å². The summed E-state index contributed by atoms with van der Waals surface area (Å²) in [5.74, 6) is -0.217. The molecular formula is C26H22N4O6S. The van der Waals surface area contributed by atoms with Crippen LogP contribution in [0.4, 0.5) is 5.69 Å². The molecule has 0 saturated carbocycles. The van der Waals surface area contributed by atoms with Gasteiger partial charge in [-0.15, -0.1) is 0 Å². The Morgan fingerprint density at radius 3 is 2.76 bits per heavy atom. The second-order valence-electron chi connectivity index (χ2n) is 8.09. The lowest BCUT2D eigenvalue weighted by molar-refractivity contribution is -0.385. The SMILES string of the molecule is CCOC(=O)C1=C(C)N=c2s/c(=C/c3ccccc3OCC#N)c(=O)n2[C@H]1c1ccc(C)c([N+](=O)[O-])c1. The van der Waals surface area contributed by atoms with Gasteiger partial charge in [0, 0.05) is 17.2 Å². The highest BCUT2D eigenvalue weighted by Crippen LogP contribution is 2.33. The van der Waals surface area contributed by atoms with E-state index in [1.54, 1.807) is 63.2 Å². The van der Waals surface area contributed by atoms with Gasteiger partial charge in [-0.2, -0.15) is 5.26 Å². The minimum atomic E-state index is -0.971. The third-order valence-corrected chi connectivity index (χ3v) is 6.74. The molecule has 0 spiro atoms. The number of thiazole rings is 1. The van der Waals surface area contributed by atoms with Crippen LogP contribution >= 0.6 is 11.3 Å². The Labute approximate surface area is 215 Å². The summed E-state index contributed by atoms with van der Waals surface area (Å²) in [7, 11) is 0. The van der Waals surface area contributed by atoms with Crippen LogP contribution in [-0.2, 0) is 9.53 Å². The Bertz CT molecular complexity index is 1660. The van der Waals surface area contributed by atoms with E-state index in [9.17, 15) is 19.7 Å². The van der Waals surface area contributed by atoms with Crippen LogP contribution in [-0.4, -0.2) is 28.7 Å². The van der Waals surface area contributed by atoms with Crippen LogP contribution in [0, 0.1) is 28.4 Å². The fourth-order valence-electron chi connectivity index (χ4n) is 4.08. The number of aromatic nitrogens is 1. The number of allylic oxidation sites excluding steroid dienone is 1. The Balaban J connectivity index is 1.97. The van der Waals surface area contributed by atoms with Gasteiger partial charge in [0.05, 0.1) is 33.4 Å². The monoisotopic (exact) mass is 518 g/mol. The van der Waals surface area contributed by atoms with E-state index in [1.807, 2.05) is 6.07 Å². The topological polar surface area (TPSA) is 137 Å². The highest BCUT2D eigenvalue weighted by molar-refractivity contribution is 7.07. The van der Waals surface area contributed by atoms with Crippen LogP contribution in [0.2, 0.25) is 0 Å². The molecule has 188 valence electrons. The number of aryl methyl sites for hydroxylation is 1. The predicted octanol–water partition coefficient (Wildman–Crippen LogP) is 2.92. The van der Waals surface area contributed by atoms with Crippen molar-refractivity contribution in [1.82, 2.24) is 4.57 Å². The first-order valence-electron chi connectivity index (χ1n) is 11.3. The zero-order chi connectivity index (χ0) is 26.7. The Morgan fingerprint density at radius 2 is 2.05 bits per heavy atom. The number of esters is 1. The molecule has 0 amide bonds. The number of carbonyl (C=O) groups is 1. The lowest BCUT2D eigenvalue weighted by Gasteiger charge is -2.24. The lowest BCUT2D eigenvalue weighted by Crippen LogP contribution is -2.40. The Morgan fingerprint density at radius 1 is 1.30 bits per heavy atom. The van der Waals surface area contributed by atoms with E-state index < -0.39 is 22.5 Å². The van der Waals surface area contributed by atoms with Crippen LogP contribution in [0.15, 0.2) is 63.5 Å². The zero-order valence-corrected chi connectivity index (χ0v) is 21.1. The van der Waals surface area contributed by atoms with Crippen molar-refractivity contribution in [2.75, 3.05) is 13.2 Å². The molecule has 3 aromatic rings. The first-order valence-corrected chi connectivity index (χ1v) is 12.1. The van der Waals surface area contributed by atoms with Gasteiger partial charge in [0.15, 0.2) is 11.4 Å². The summed E-state index contributed by atoms with van der Waals surface area (Å²) in [4.78, 5) is 42.7. The van der Waals surface area contributed by atoms with Gasteiger partial charge in [-0.3, -0.25) is 19.5 Å². The quantitative estimate of drug-likeness (QED) is 0.266. The van der Waals surface area contributed by atoms with E-state index in [1.165, 1.54) is 10.6 Å². The fourth-order valence-corrected chi connectivity index (χ4v) is 5.12. The average Bonchev–Trinajstić information content (AvgIpc) is 3.17. The number of ether oxygens (including phenoxy) is 2. The maximum Gasteiger partial charge on any atom is 0.338 e. The molecule has 1 aromatic heterocycles. The summed E-state index contributed by atoms with van der Waals surface area (Å²) in [5.41, 5.74) is 1.37. The molecule has 0 aliphatic carbocycles. The molecule has 1 atom stereocenters. The van der Waals surface area contributed by atoms with E-state index >= 15 is 0 Å². The third kappa shape index (κ3) is 4.92. The van der Waals surface area contributed by atoms with Gasteiger partial charge in [0.1, 0.15) is 11.8 Å². The molecule has 10 nitrogen and oxygen atoms in total. The molecule has 0 radical (unpaired) electrons. The number of nitro benzene ring substituents is 1. The van der Waals surface area contributed by atoms with E-state index in [0.717, 1.165) is 11.3 Å². The number of nitrogens with zero attached hydrogens (tertiary/aromatic N) is 4. The molecular weight excluding hydrogens is 496 g/mol. The summed E-state index contributed by atoms with van der Waals surface area (Å²) in [5, 5.41) is 20.5. The normalized spacial score (nSPS) is 15.0. The lowest BCUT2D eigenvalue weighted by atomic mass is 9.94. The van der Waals surface area contributed by atoms with Crippen LogP contribution in [0.3, 0.4) is 0 Å². The molecule has 0 bridgehead atoms. The number of nitro groups is 1. The number of para-hydroxylation sites is 1. The molecule has 1 aliphatic heterocycles. The molecule has 0 fully saturated rings. The second kappa shape index (κ2) is 10.6. The Hall–Kier alpha value is -4.56. The van der Waals surface area contributed by atoms with Crippen molar-refractivity contribution in [3.63, 3.8) is 0 Å². The van der Waals surface area contributed by atoms with Crippen LogP contribution in [0.25, 0.3) is 6.08 Å². The van der Waals surface area contributed by atoms with E-state index in [4.69, 9.17) is 14.7 Å². The number of fused-ring (bicyclic) bond motifs is 1. The number of benzene rings is 2. The summed E-state index contributed by atoms with van der Waals surface area (Å²) in [6, 6.07) is 12.5. The van der Waals surface area contributed by atoms with Crippen LogP contribution < -0.4 is 19.6 Å². The van der Waals surface area contributed by atoms with Gasteiger partial charge in [0.25, 0.3) is 11.2 Å². The largest absolute Gasteiger partial charge is 0.478 e. The number of hydrogen-bond acceptors (Lipinski definition) is 9. The van der Waals surface area contributed by atoms with Crippen molar-refractivity contribution >= 4 is 29.1 Å². The van der Waals surface area contributed by atoms with Crippen LogP contribution in [0.5, 0.6) is 5.75 Å². The predicted molar refractivity (Wildman–Crippen MR) is 136 cm³/mol. The summed E-state index contributed by atoms with van der Waals surface area (Å²) in [6.07, 6.45) is 1.63. The number of carbonyl (C=O) groups excluding carboxylic acids is 1. The maximum absolute atomic E-state index is 13.7. The standard InChI is InChI=1S/C26H22N4O6S/c1-4-35-25(32)22-16(3)28-26-29(23(22)18-10-9-15(2)19(13-18)30(33)34)24(31)21(37-26)14-17-7-5-6-8-20(17)36-12-11-27/h5-10,13-14,23H,4,12H2,1-3H3/b21-14+/t23-/m0/s1. The van der Waals surface area contributed by atoms with Crippen molar-refractivity contribution in [3.8, 4) is 11.8 Å². The molecule has 0 N–H and O–H groups in total. The van der Waals surface area contributed by atoms with Gasteiger partial charge in [0.2, 0.25) is 0 Å². The fraction of sp³-hybridized carbons (Fsp3) is 0.231. The highest BCUT2D eigenvalue weighted by Gasteiger charge is 2.34. The summed E-state index contributed by atoms with van der Waals surface area (Å²) in [6.45, 7) is 4.89. The summed E-state index contributed by atoms with van der Waals surface area (Å²) < 4.78 is 12.4. The maximum atomic E-state index is 13.7. The average molecular weight is 519 g/mol. The third-order valence-electron chi connectivity index (χ3n) is 5.76. The Kier molecular flexibility index (Phi) is 7.31. The van der Waals surface area contributed by atoms with Gasteiger partial charge in [-0.05, 0) is 38.5 Å². The first kappa shape index (κ1) is 25.5. The molecule has 2 heterocycles. The van der Waals surface area contributed by atoms with Crippen molar-refractivity contribution in [2.24, 2.45) is 4.99 Å². The van der Waals surface area contributed by atoms with Crippen molar-refractivity contribution in [3.05, 3.63) is 100 Å². The first-order chi connectivity index (χ1) is 17.8. The molecule has 11 heteroatoms. The van der Waals surface area contributed by atoms with Gasteiger partial charge < -0.3 is 9.47 Å². The minimum Gasteiger partial charge on any atom is -0.478 e. The van der Waals surface area contributed by atoms with Gasteiger partial charge in [-0.1, -0.05) is 41.7 Å². The number of hydrogen-bond donors (Lipinski definition) is 0. The molecule has 1 aliphatic rings. The minimum absolute atomic E-state index is 0.111. The van der Waals surface area contributed by atoms with Gasteiger partial charge >= 0.3 is 5.97 Å². The highest BCUT2D eigenvalue weighted by atomic mass is 32.1. The second-order valence-corrected chi connectivity index (χ2v) is 9.10. The van der Waals surface area contributed by atoms with Crippen molar-refractivity contribution in [2.45, 2.75) is 26.8 Å². The molecule has 37 heavy (non-hydrogen) atoms. The van der Waals surface area contributed by atoms with Crippen molar-refractivity contribution < 1.29 is 19.2 Å². The summed E-state index contributed by atoms with van der Waals surface area (Å²) >= 11 is 1.12. The molecule has 4 rings (SSSR count).